The lowest BCUT2D eigenvalue weighted by Gasteiger charge is -2.12. The highest BCUT2D eigenvalue weighted by molar-refractivity contribution is 5.85. The summed E-state index contributed by atoms with van der Waals surface area (Å²) in [4.78, 5) is 8.15. The molecule has 0 aromatic carbocycles. The minimum Gasteiger partial charge on any atom is -0.396 e. The number of nitrogens with zero attached hydrogens (tertiary/aromatic N) is 4. The third kappa shape index (κ3) is 2.62. The summed E-state index contributed by atoms with van der Waals surface area (Å²) in [6.45, 7) is 1.67. The van der Waals surface area contributed by atoms with Crippen LogP contribution in [-0.2, 0) is 12.6 Å². The van der Waals surface area contributed by atoms with Crippen molar-refractivity contribution in [3.8, 4) is 12.3 Å². The fourth-order valence-electron chi connectivity index (χ4n) is 2.34. The molecule has 0 bridgehead atoms. The Morgan fingerprint density at radius 1 is 1.33 bits per heavy atom. The summed E-state index contributed by atoms with van der Waals surface area (Å²) >= 11 is 0. The zero-order valence-electron chi connectivity index (χ0n) is 12.3. The lowest BCUT2D eigenvalue weighted by molar-refractivity contribution is -0.137. The van der Waals surface area contributed by atoms with Crippen LogP contribution in [0.4, 0.5) is 18.9 Å². The maximum absolute atomic E-state index is 13.1. The number of nitrogens with two attached hydrogens (primary N) is 1. The van der Waals surface area contributed by atoms with E-state index in [1.807, 2.05) is 5.92 Å². The summed E-state index contributed by atoms with van der Waals surface area (Å²) in [5, 5.41) is 7.24. The molecular formula is C15H10F3N5O. The summed E-state index contributed by atoms with van der Waals surface area (Å²) in [6, 6.07) is 0.916. The van der Waals surface area contributed by atoms with Crippen LogP contribution in [0.25, 0.3) is 11.2 Å². The molecule has 0 spiro atoms. The molecule has 0 saturated carbocycles. The summed E-state index contributed by atoms with van der Waals surface area (Å²) in [6.07, 6.45) is 1.60. The quantitative estimate of drug-likeness (QED) is 0.725. The average Bonchev–Trinajstić information content (AvgIpc) is 2.98. The van der Waals surface area contributed by atoms with Crippen LogP contribution >= 0.6 is 0 Å². The maximum Gasteiger partial charge on any atom is 0.417 e. The van der Waals surface area contributed by atoms with Crippen molar-refractivity contribution in [2.45, 2.75) is 19.5 Å². The molecule has 24 heavy (non-hydrogen) atoms. The van der Waals surface area contributed by atoms with Gasteiger partial charge in [-0.1, -0.05) is 5.92 Å². The van der Waals surface area contributed by atoms with Crippen LogP contribution in [0.1, 0.15) is 28.1 Å². The van der Waals surface area contributed by atoms with Gasteiger partial charge in [-0.05, 0) is 23.3 Å². The van der Waals surface area contributed by atoms with E-state index in [9.17, 15) is 13.2 Å². The van der Waals surface area contributed by atoms with Gasteiger partial charge in [-0.15, -0.1) is 6.42 Å². The normalized spacial score (nSPS) is 11.6. The molecule has 9 heteroatoms. The van der Waals surface area contributed by atoms with Crippen molar-refractivity contribution in [3.05, 3.63) is 40.3 Å². The standard InChI is InChI=1S/C15H10F3N5O/c1-3-8-6-20-9(5-11(8)15(16,17)18)4-10-7(2)21-14-13(12(10)19)22-24-23-14/h1,5-6H,4,19H2,2H3. The molecular weight excluding hydrogens is 323 g/mol. The number of hydrogen-bond donors (Lipinski definition) is 1. The molecule has 122 valence electrons. The van der Waals surface area contributed by atoms with Gasteiger partial charge in [0.1, 0.15) is 0 Å². The number of rotatable bonds is 2. The van der Waals surface area contributed by atoms with E-state index in [0.717, 1.165) is 12.3 Å². The minimum atomic E-state index is -4.57. The van der Waals surface area contributed by atoms with E-state index >= 15 is 0 Å². The first-order chi connectivity index (χ1) is 11.3. The monoisotopic (exact) mass is 333 g/mol. The number of hydrogen-bond acceptors (Lipinski definition) is 6. The van der Waals surface area contributed by atoms with Gasteiger partial charge < -0.3 is 5.73 Å². The van der Waals surface area contributed by atoms with Gasteiger partial charge in [0.2, 0.25) is 5.65 Å². The van der Waals surface area contributed by atoms with Gasteiger partial charge in [0.15, 0.2) is 5.52 Å². The first-order valence-electron chi connectivity index (χ1n) is 6.71. The van der Waals surface area contributed by atoms with Crippen LogP contribution in [-0.4, -0.2) is 20.3 Å². The molecule has 3 aromatic rings. The number of aryl methyl sites for hydroxylation is 1. The zero-order valence-corrected chi connectivity index (χ0v) is 12.3. The molecule has 0 atom stereocenters. The second-order valence-corrected chi connectivity index (χ2v) is 5.07. The minimum absolute atomic E-state index is 0.0431. The molecule has 3 heterocycles. The fraction of sp³-hybridized carbons (Fsp3) is 0.200. The van der Waals surface area contributed by atoms with Crippen LogP contribution in [0, 0.1) is 19.3 Å². The van der Waals surface area contributed by atoms with Crippen molar-refractivity contribution in [3.63, 3.8) is 0 Å². The van der Waals surface area contributed by atoms with Gasteiger partial charge in [-0.3, -0.25) is 4.98 Å². The van der Waals surface area contributed by atoms with Gasteiger partial charge in [0.25, 0.3) is 0 Å². The lowest BCUT2D eigenvalue weighted by atomic mass is 10.0. The van der Waals surface area contributed by atoms with E-state index in [-0.39, 0.29) is 34.5 Å². The second-order valence-electron chi connectivity index (χ2n) is 5.07. The Balaban J connectivity index is 2.08. The predicted octanol–water partition coefficient (Wildman–Crippen LogP) is 2.49. The SMILES string of the molecule is C#Cc1cnc(Cc2c(C)nc3nonc3c2N)cc1C(F)(F)F. The summed E-state index contributed by atoms with van der Waals surface area (Å²) in [5.41, 5.74) is 6.69. The molecule has 3 aromatic heterocycles. The topological polar surface area (TPSA) is 90.7 Å². The molecule has 0 radical (unpaired) electrons. The Labute approximate surface area is 133 Å². The third-order valence-corrected chi connectivity index (χ3v) is 3.54. The van der Waals surface area contributed by atoms with Crippen LogP contribution in [0.3, 0.4) is 0 Å². The van der Waals surface area contributed by atoms with E-state index in [0.29, 0.717) is 11.3 Å². The number of nitrogen functional groups attached to an aromatic ring is 1. The van der Waals surface area contributed by atoms with Crippen molar-refractivity contribution in [1.29, 1.82) is 0 Å². The van der Waals surface area contributed by atoms with Gasteiger partial charge in [-0.25, -0.2) is 9.61 Å². The van der Waals surface area contributed by atoms with Crippen molar-refractivity contribution in [1.82, 2.24) is 20.3 Å². The number of anilines is 1. The summed E-state index contributed by atoms with van der Waals surface area (Å²) in [5.74, 6) is 1.99. The van der Waals surface area contributed by atoms with Gasteiger partial charge in [0.05, 0.1) is 16.8 Å². The Morgan fingerprint density at radius 3 is 2.75 bits per heavy atom. The Bertz CT molecular complexity index is 972. The predicted molar refractivity (Wildman–Crippen MR) is 78.7 cm³/mol. The molecule has 0 aliphatic carbocycles. The van der Waals surface area contributed by atoms with Crippen molar-refractivity contribution in [2.24, 2.45) is 0 Å². The molecule has 0 aliphatic rings. The smallest absolute Gasteiger partial charge is 0.396 e. The summed E-state index contributed by atoms with van der Waals surface area (Å²) in [7, 11) is 0. The number of halogens is 3. The largest absolute Gasteiger partial charge is 0.417 e. The van der Waals surface area contributed by atoms with Gasteiger partial charge in [0, 0.05) is 29.6 Å². The number of terminal acetylenes is 1. The number of pyridine rings is 2. The number of fused-ring (bicyclic) bond motifs is 1. The molecule has 0 aliphatic heterocycles. The third-order valence-electron chi connectivity index (χ3n) is 3.54. The van der Waals surface area contributed by atoms with Crippen LogP contribution in [0.2, 0.25) is 0 Å². The van der Waals surface area contributed by atoms with E-state index < -0.39 is 11.7 Å². The maximum atomic E-state index is 13.1. The molecule has 0 saturated heterocycles. The van der Waals surface area contributed by atoms with Crippen molar-refractivity contribution in [2.75, 3.05) is 5.73 Å². The first kappa shape index (κ1) is 15.7. The van der Waals surface area contributed by atoms with Crippen molar-refractivity contribution >= 4 is 16.9 Å². The van der Waals surface area contributed by atoms with Crippen LogP contribution in [0.5, 0.6) is 0 Å². The second kappa shape index (κ2) is 5.49. The molecule has 2 N–H and O–H groups in total. The number of alkyl halides is 3. The molecule has 0 unspecified atom stereocenters. The van der Waals surface area contributed by atoms with Crippen LogP contribution in [0.15, 0.2) is 16.9 Å². The average molecular weight is 333 g/mol. The zero-order chi connectivity index (χ0) is 17.5. The molecule has 3 rings (SSSR count). The summed E-state index contributed by atoms with van der Waals surface area (Å²) < 4.78 is 43.8. The van der Waals surface area contributed by atoms with Crippen molar-refractivity contribution < 1.29 is 17.8 Å². The first-order valence-corrected chi connectivity index (χ1v) is 6.71. The van der Waals surface area contributed by atoms with Gasteiger partial charge in [-0.2, -0.15) is 13.2 Å². The fourth-order valence-corrected chi connectivity index (χ4v) is 2.34. The number of aromatic nitrogens is 4. The molecule has 6 nitrogen and oxygen atoms in total. The van der Waals surface area contributed by atoms with E-state index in [2.05, 4.69) is 24.9 Å². The molecule has 0 fully saturated rings. The highest BCUT2D eigenvalue weighted by Gasteiger charge is 2.33. The Morgan fingerprint density at radius 2 is 2.08 bits per heavy atom. The lowest BCUT2D eigenvalue weighted by Crippen LogP contribution is -2.11. The Hall–Kier alpha value is -3.15. The van der Waals surface area contributed by atoms with Gasteiger partial charge >= 0.3 is 6.18 Å². The highest BCUT2D eigenvalue weighted by Crippen LogP contribution is 2.33. The Kier molecular flexibility index (Phi) is 3.60. The molecule has 0 amide bonds. The van der Waals surface area contributed by atoms with E-state index in [4.69, 9.17) is 12.2 Å². The van der Waals surface area contributed by atoms with E-state index in [1.54, 1.807) is 6.92 Å². The van der Waals surface area contributed by atoms with Crippen LogP contribution < -0.4 is 5.73 Å². The highest BCUT2D eigenvalue weighted by atomic mass is 19.4. The van der Waals surface area contributed by atoms with E-state index in [1.165, 1.54) is 0 Å².